The second-order valence-electron chi connectivity index (χ2n) is 9.45. The fourth-order valence-corrected chi connectivity index (χ4v) is 4.73. The smallest absolute Gasteiger partial charge is 0.227 e. The van der Waals surface area contributed by atoms with E-state index in [1.54, 1.807) is 37.1 Å². The average molecular weight is 505 g/mol. The van der Waals surface area contributed by atoms with Crippen LogP contribution < -0.4 is 5.32 Å². The zero-order valence-corrected chi connectivity index (χ0v) is 20.1. The summed E-state index contributed by atoms with van der Waals surface area (Å²) in [6.45, 7) is 0. The van der Waals surface area contributed by atoms with Crippen molar-refractivity contribution >= 4 is 33.5 Å². The van der Waals surface area contributed by atoms with Gasteiger partial charge in [-0.15, -0.1) is 0 Å². The molecule has 10 heteroatoms. The molecule has 1 aromatic carbocycles. The number of anilines is 1. The fourth-order valence-electron chi connectivity index (χ4n) is 4.73. The monoisotopic (exact) mass is 504 g/mol. The minimum atomic E-state index is -0.324. The maximum atomic E-state index is 13.9. The Labute approximate surface area is 215 Å². The predicted octanol–water partition coefficient (Wildman–Crippen LogP) is 5.50. The normalized spacial score (nSPS) is 13.6. The molecule has 5 aromatic heterocycles. The zero-order chi connectivity index (χ0) is 25.6. The van der Waals surface area contributed by atoms with Gasteiger partial charge in [0.25, 0.3) is 0 Å². The lowest BCUT2D eigenvalue weighted by molar-refractivity contribution is -0.122. The SMILES string of the molecule is O=C(Nc1cncc(-c2cc3c(-c4nc5c(-c6cccc(F)c6)cncc5[nH]4)n[nH]c3cn2)c1)C1CCC1. The third-order valence-electron chi connectivity index (χ3n) is 6.98. The number of nitrogens with zero attached hydrogens (tertiary/aromatic N) is 5. The number of hydrogen-bond donors (Lipinski definition) is 3. The van der Waals surface area contributed by atoms with Gasteiger partial charge in [0.15, 0.2) is 5.82 Å². The summed E-state index contributed by atoms with van der Waals surface area (Å²) in [4.78, 5) is 33.7. The maximum Gasteiger partial charge on any atom is 0.227 e. The molecule has 1 aliphatic rings. The Morgan fingerprint density at radius 2 is 1.87 bits per heavy atom. The summed E-state index contributed by atoms with van der Waals surface area (Å²) in [6, 6.07) is 10.1. The number of carbonyl (C=O) groups excluding carboxylic acids is 1. The number of rotatable bonds is 5. The van der Waals surface area contributed by atoms with Crippen molar-refractivity contribution in [1.29, 1.82) is 0 Å². The summed E-state index contributed by atoms with van der Waals surface area (Å²) in [7, 11) is 0. The summed E-state index contributed by atoms with van der Waals surface area (Å²) in [5.74, 6) is 0.346. The molecule has 0 radical (unpaired) electrons. The van der Waals surface area contributed by atoms with E-state index < -0.39 is 0 Å². The third kappa shape index (κ3) is 3.86. The Bertz CT molecular complexity index is 1840. The molecule has 1 aliphatic carbocycles. The molecule has 7 rings (SSSR count). The lowest BCUT2D eigenvalue weighted by Gasteiger charge is -2.24. The van der Waals surface area contributed by atoms with Gasteiger partial charge in [0.05, 0.1) is 46.5 Å². The van der Waals surface area contributed by atoms with Crippen LogP contribution in [0.4, 0.5) is 10.1 Å². The Hall–Kier alpha value is -4.99. The molecule has 3 N–H and O–H groups in total. The molecule has 1 amide bonds. The van der Waals surface area contributed by atoms with Crippen LogP contribution in [0.3, 0.4) is 0 Å². The number of H-pyrrole nitrogens is 2. The quantitative estimate of drug-likeness (QED) is 0.285. The largest absolute Gasteiger partial charge is 0.335 e. The van der Waals surface area contributed by atoms with E-state index in [1.165, 1.54) is 12.1 Å². The van der Waals surface area contributed by atoms with Crippen molar-refractivity contribution in [3.63, 3.8) is 0 Å². The lowest BCUT2D eigenvalue weighted by atomic mass is 9.85. The van der Waals surface area contributed by atoms with Crippen LogP contribution in [-0.2, 0) is 4.79 Å². The fraction of sp³-hybridized carbons (Fsp3) is 0.143. The highest BCUT2D eigenvalue weighted by molar-refractivity contribution is 5.98. The van der Waals surface area contributed by atoms with Crippen LogP contribution in [0, 0.1) is 11.7 Å². The number of benzene rings is 1. The van der Waals surface area contributed by atoms with Crippen molar-refractivity contribution in [2.75, 3.05) is 5.32 Å². The topological polar surface area (TPSA) is 125 Å². The van der Waals surface area contributed by atoms with E-state index in [2.05, 4.69) is 35.5 Å². The average Bonchev–Trinajstić information content (AvgIpc) is 3.51. The van der Waals surface area contributed by atoms with Crippen LogP contribution in [0.15, 0.2) is 67.4 Å². The number of pyridine rings is 3. The van der Waals surface area contributed by atoms with Crippen molar-refractivity contribution in [3.8, 4) is 33.9 Å². The van der Waals surface area contributed by atoms with Gasteiger partial charge < -0.3 is 10.3 Å². The Balaban J connectivity index is 1.26. The number of amides is 1. The first kappa shape index (κ1) is 22.2. The van der Waals surface area contributed by atoms with E-state index in [1.807, 2.05) is 18.2 Å². The van der Waals surface area contributed by atoms with Gasteiger partial charge in [-0.05, 0) is 42.7 Å². The first-order chi connectivity index (χ1) is 18.6. The van der Waals surface area contributed by atoms with Gasteiger partial charge in [0.1, 0.15) is 11.5 Å². The molecule has 1 saturated carbocycles. The number of halogens is 1. The maximum absolute atomic E-state index is 13.9. The van der Waals surface area contributed by atoms with E-state index in [4.69, 9.17) is 4.98 Å². The molecule has 0 unspecified atom stereocenters. The molecule has 5 heterocycles. The van der Waals surface area contributed by atoms with Crippen molar-refractivity contribution in [3.05, 3.63) is 73.2 Å². The van der Waals surface area contributed by atoms with E-state index in [0.717, 1.165) is 41.3 Å². The van der Waals surface area contributed by atoms with E-state index >= 15 is 0 Å². The summed E-state index contributed by atoms with van der Waals surface area (Å²) < 4.78 is 13.9. The molecule has 0 saturated heterocycles. The van der Waals surface area contributed by atoms with Gasteiger partial charge >= 0.3 is 0 Å². The van der Waals surface area contributed by atoms with Crippen molar-refractivity contribution < 1.29 is 9.18 Å². The van der Waals surface area contributed by atoms with Gasteiger partial charge in [-0.2, -0.15) is 5.10 Å². The minimum absolute atomic E-state index is 0.0349. The second kappa shape index (κ2) is 8.84. The first-order valence-corrected chi connectivity index (χ1v) is 12.3. The number of fused-ring (bicyclic) bond motifs is 2. The Morgan fingerprint density at radius 3 is 2.71 bits per heavy atom. The zero-order valence-electron chi connectivity index (χ0n) is 20.1. The van der Waals surface area contributed by atoms with E-state index in [9.17, 15) is 9.18 Å². The van der Waals surface area contributed by atoms with Gasteiger partial charge in [-0.25, -0.2) is 9.37 Å². The Morgan fingerprint density at radius 1 is 0.974 bits per heavy atom. The molecule has 1 fully saturated rings. The molecule has 38 heavy (non-hydrogen) atoms. The van der Waals surface area contributed by atoms with Gasteiger partial charge in [-0.1, -0.05) is 18.6 Å². The summed E-state index contributed by atoms with van der Waals surface area (Å²) in [5, 5.41) is 11.3. The van der Waals surface area contributed by atoms with Crippen LogP contribution in [0.5, 0.6) is 0 Å². The summed E-state index contributed by atoms with van der Waals surface area (Å²) >= 11 is 0. The van der Waals surface area contributed by atoms with Crippen molar-refractivity contribution in [2.24, 2.45) is 5.92 Å². The first-order valence-electron chi connectivity index (χ1n) is 12.3. The third-order valence-corrected chi connectivity index (χ3v) is 6.98. The summed E-state index contributed by atoms with van der Waals surface area (Å²) in [6.07, 6.45) is 11.4. The van der Waals surface area contributed by atoms with Crippen molar-refractivity contribution in [2.45, 2.75) is 19.3 Å². The minimum Gasteiger partial charge on any atom is -0.335 e. The standard InChI is InChI=1S/C28H21FN8O/c29-18-6-2-5-16(7-18)21-12-31-13-24-25(21)35-27(34-24)26-20-9-22(32-14-23(20)36-37-26)17-8-19(11-30-10-17)33-28(38)15-3-1-4-15/h2,5-15H,1,3-4H2,(H,33,38)(H,34,35)(H,36,37). The highest BCUT2D eigenvalue weighted by atomic mass is 19.1. The van der Waals surface area contributed by atoms with Gasteiger partial charge in [-0.3, -0.25) is 24.8 Å². The lowest BCUT2D eigenvalue weighted by Crippen LogP contribution is -2.28. The summed E-state index contributed by atoms with van der Waals surface area (Å²) in [5.41, 5.74) is 6.26. The molecular formula is C28H21FN8O. The van der Waals surface area contributed by atoms with Crippen LogP contribution in [0.25, 0.3) is 55.8 Å². The molecule has 186 valence electrons. The number of nitrogens with one attached hydrogen (secondary N) is 3. The molecule has 0 bridgehead atoms. The van der Waals surface area contributed by atoms with Crippen molar-refractivity contribution in [1.82, 2.24) is 35.1 Å². The van der Waals surface area contributed by atoms with Gasteiger partial charge in [0.2, 0.25) is 5.91 Å². The van der Waals surface area contributed by atoms with Crippen LogP contribution in [0.2, 0.25) is 0 Å². The van der Waals surface area contributed by atoms with E-state index in [0.29, 0.717) is 39.5 Å². The van der Waals surface area contributed by atoms with Crippen LogP contribution >= 0.6 is 0 Å². The molecule has 0 atom stereocenters. The van der Waals surface area contributed by atoms with E-state index in [-0.39, 0.29) is 17.6 Å². The second-order valence-corrected chi connectivity index (χ2v) is 9.45. The van der Waals surface area contributed by atoms with Crippen LogP contribution in [0.1, 0.15) is 19.3 Å². The number of hydrogen-bond acceptors (Lipinski definition) is 6. The Kier molecular flexibility index (Phi) is 5.17. The molecule has 6 aromatic rings. The van der Waals surface area contributed by atoms with Crippen LogP contribution in [-0.4, -0.2) is 41.0 Å². The van der Waals surface area contributed by atoms with Gasteiger partial charge in [0, 0.05) is 34.8 Å². The number of carbonyl (C=O) groups is 1. The molecule has 0 spiro atoms. The molecule has 9 nitrogen and oxygen atoms in total. The number of aromatic nitrogens is 7. The number of aromatic amines is 2. The molecular weight excluding hydrogens is 483 g/mol. The number of imidazole rings is 1. The molecule has 0 aliphatic heterocycles. The highest BCUT2D eigenvalue weighted by Gasteiger charge is 2.25. The highest BCUT2D eigenvalue weighted by Crippen LogP contribution is 2.33. The predicted molar refractivity (Wildman–Crippen MR) is 141 cm³/mol.